The minimum absolute atomic E-state index is 0.0745. The second kappa shape index (κ2) is 6.14. The fourth-order valence-electron chi connectivity index (χ4n) is 2.18. The lowest BCUT2D eigenvalue weighted by atomic mass is 10.2. The number of tetrazole rings is 1. The van der Waals surface area contributed by atoms with E-state index in [-0.39, 0.29) is 11.9 Å². The summed E-state index contributed by atoms with van der Waals surface area (Å²) >= 11 is 4.08. The summed E-state index contributed by atoms with van der Waals surface area (Å²) in [6.45, 7) is 2.08. The van der Waals surface area contributed by atoms with Crippen LogP contribution in [-0.4, -0.2) is 55.9 Å². The average Bonchev–Trinajstić information content (AvgIpc) is 2.96. The molecule has 0 aromatic carbocycles. The van der Waals surface area contributed by atoms with Gasteiger partial charge in [0.1, 0.15) is 0 Å². The van der Waals surface area contributed by atoms with E-state index in [4.69, 9.17) is 0 Å². The second-order valence-electron chi connectivity index (χ2n) is 4.34. The third-order valence-electron chi connectivity index (χ3n) is 2.97. The summed E-state index contributed by atoms with van der Waals surface area (Å²) in [5, 5.41) is 14.8. The SMILES string of the molecule is Cn1nnc(CN2CCC[C@@H]2C(=O)NCCS)n1. The van der Waals surface area contributed by atoms with E-state index < -0.39 is 0 Å². The van der Waals surface area contributed by atoms with Crippen molar-refractivity contribution in [1.82, 2.24) is 30.4 Å². The van der Waals surface area contributed by atoms with E-state index in [9.17, 15) is 4.79 Å². The average molecular weight is 270 g/mol. The van der Waals surface area contributed by atoms with Crippen molar-refractivity contribution in [1.29, 1.82) is 0 Å². The topological polar surface area (TPSA) is 75.9 Å². The number of hydrogen-bond donors (Lipinski definition) is 2. The molecule has 0 bridgehead atoms. The molecule has 1 aliphatic rings. The van der Waals surface area contributed by atoms with E-state index in [0.717, 1.165) is 19.4 Å². The number of nitrogens with zero attached hydrogens (tertiary/aromatic N) is 5. The summed E-state index contributed by atoms with van der Waals surface area (Å²) < 4.78 is 0. The maximum absolute atomic E-state index is 12.0. The van der Waals surface area contributed by atoms with Crippen molar-refractivity contribution < 1.29 is 4.79 Å². The molecule has 1 saturated heterocycles. The summed E-state index contributed by atoms with van der Waals surface area (Å²) in [6, 6.07) is -0.0753. The van der Waals surface area contributed by atoms with Crippen molar-refractivity contribution in [2.75, 3.05) is 18.8 Å². The Bertz CT molecular complexity index is 409. The molecule has 1 aromatic heterocycles. The van der Waals surface area contributed by atoms with Crippen LogP contribution in [0.1, 0.15) is 18.7 Å². The molecule has 0 saturated carbocycles. The van der Waals surface area contributed by atoms with Gasteiger partial charge in [-0.3, -0.25) is 9.69 Å². The standard InChI is InChI=1S/C10H18N6OS/c1-15-13-9(12-14-15)7-16-5-2-3-8(16)10(17)11-4-6-18/h8,18H,2-7H2,1H3,(H,11,17)/t8-/m1/s1. The number of amides is 1. The quantitative estimate of drug-likeness (QED) is 0.687. The van der Waals surface area contributed by atoms with Crippen LogP contribution >= 0.6 is 12.6 Å². The third kappa shape index (κ3) is 3.20. The highest BCUT2D eigenvalue weighted by molar-refractivity contribution is 7.80. The van der Waals surface area contributed by atoms with Gasteiger partial charge in [0.25, 0.3) is 0 Å². The number of aromatic nitrogens is 4. The predicted molar refractivity (Wildman–Crippen MR) is 69.1 cm³/mol. The molecule has 1 N–H and O–H groups in total. The van der Waals surface area contributed by atoms with E-state index in [2.05, 4.69) is 38.3 Å². The number of likely N-dealkylation sites (tertiary alicyclic amines) is 1. The Labute approximate surface area is 111 Å². The number of hydrogen-bond acceptors (Lipinski definition) is 6. The minimum atomic E-state index is -0.0753. The molecular weight excluding hydrogens is 252 g/mol. The lowest BCUT2D eigenvalue weighted by molar-refractivity contribution is -0.125. The monoisotopic (exact) mass is 270 g/mol. The van der Waals surface area contributed by atoms with Crippen LogP contribution in [0.25, 0.3) is 0 Å². The first-order chi connectivity index (χ1) is 8.70. The van der Waals surface area contributed by atoms with Gasteiger partial charge in [-0.25, -0.2) is 0 Å². The van der Waals surface area contributed by atoms with E-state index in [1.807, 2.05) is 0 Å². The van der Waals surface area contributed by atoms with Crippen molar-refractivity contribution in [2.45, 2.75) is 25.4 Å². The summed E-state index contributed by atoms with van der Waals surface area (Å²) in [5.74, 6) is 1.39. The molecule has 18 heavy (non-hydrogen) atoms. The Balaban J connectivity index is 1.92. The van der Waals surface area contributed by atoms with Gasteiger partial charge in [0.05, 0.1) is 19.6 Å². The summed E-state index contributed by atoms with van der Waals surface area (Å²) in [7, 11) is 1.73. The molecular formula is C10H18N6OS. The number of rotatable bonds is 5. The number of carbonyl (C=O) groups excluding carboxylic acids is 1. The molecule has 0 unspecified atom stereocenters. The molecule has 7 nitrogen and oxygen atoms in total. The van der Waals surface area contributed by atoms with Gasteiger partial charge >= 0.3 is 0 Å². The number of carbonyl (C=O) groups is 1. The fraction of sp³-hybridized carbons (Fsp3) is 0.800. The van der Waals surface area contributed by atoms with E-state index in [1.54, 1.807) is 7.05 Å². The molecule has 0 aliphatic carbocycles. The summed E-state index contributed by atoms with van der Waals surface area (Å²) in [6.07, 6.45) is 1.91. The van der Waals surface area contributed by atoms with E-state index >= 15 is 0 Å². The van der Waals surface area contributed by atoms with Crippen LogP contribution in [0.4, 0.5) is 0 Å². The summed E-state index contributed by atoms with van der Waals surface area (Å²) in [4.78, 5) is 15.5. The maximum atomic E-state index is 12.0. The van der Waals surface area contributed by atoms with Crippen LogP contribution in [0, 0.1) is 0 Å². The van der Waals surface area contributed by atoms with Crippen LogP contribution in [0.5, 0.6) is 0 Å². The zero-order valence-corrected chi connectivity index (χ0v) is 11.3. The number of nitrogens with one attached hydrogen (secondary N) is 1. The smallest absolute Gasteiger partial charge is 0.237 e. The first kappa shape index (κ1) is 13.3. The molecule has 2 heterocycles. The molecule has 1 fully saturated rings. The van der Waals surface area contributed by atoms with Crippen LogP contribution in [0.2, 0.25) is 0 Å². The van der Waals surface area contributed by atoms with Gasteiger partial charge in [-0.15, -0.1) is 10.2 Å². The highest BCUT2D eigenvalue weighted by Gasteiger charge is 2.31. The Morgan fingerprint density at radius 2 is 2.44 bits per heavy atom. The van der Waals surface area contributed by atoms with Gasteiger partial charge in [-0.05, 0) is 24.6 Å². The predicted octanol–water partition coefficient (Wildman–Crippen LogP) is -0.779. The van der Waals surface area contributed by atoms with Gasteiger partial charge in [-0.1, -0.05) is 0 Å². The highest BCUT2D eigenvalue weighted by atomic mass is 32.1. The lowest BCUT2D eigenvalue weighted by Gasteiger charge is -2.21. The second-order valence-corrected chi connectivity index (χ2v) is 4.79. The van der Waals surface area contributed by atoms with Crippen LogP contribution in [0.3, 0.4) is 0 Å². The van der Waals surface area contributed by atoms with Crippen molar-refractivity contribution in [3.05, 3.63) is 5.82 Å². The molecule has 8 heteroatoms. The minimum Gasteiger partial charge on any atom is -0.354 e. The normalized spacial score (nSPS) is 20.2. The Morgan fingerprint density at radius 3 is 3.11 bits per heavy atom. The summed E-state index contributed by atoms with van der Waals surface area (Å²) in [5.41, 5.74) is 0. The largest absolute Gasteiger partial charge is 0.354 e. The molecule has 0 spiro atoms. The van der Waals surface area contributed by atoms with Crippen molar-refractivity contribution in [2.24, 2.45) is 7.05 Å². The lowest BCUT2D eigenvalue weighted by Crippen LogP contribution is -2.43. The molecule has 100 valence electrons. The number of thiol groups is 1. The Hall–Kier alpha value is -1.15. The molecule has 1 aliphatic heterocycles. The van der Waals surface area contributed by atoms with Crippen molar-refractivity contribution in [3.8, 4) is 0 Å². The van der Waals surface area contributed by atoms with Crippen molar-refractivity contribution in [3.63, 3.8) is 0 Å². The van der Waals surface area contributed by atoms with Gasteiger partial charge in [0, 0.05) is 12.3 Å². The van der Waals surface area contributed by atoms with Crippen molar-refractivity contribution >= 4 is 18.5 Å². The van der Waals surface area contributed by atoms with Crippen LogP contribution < -0.4 is 5.32 Å². The first-order valence-corrected chi connectivity index (χ1v) is 6.69. The molecule has 1 aromatic rings. The van der Waals surface area contributed by atoms with Gasteiger partial charge in [-0.2, -0.15) is 17.4 Å². The zero-order chi connectivity index (χ0) is 13.0. The molecule has 1 atom stereocenters. The number of aryl methyl sites for hydroxylation is 1. The van der Waals surface area contributed by atoms with Crippen LogP contribution in [0.15, 0.2) is 0 Å². The maximum Gasteiger partial charge on any atom is 0.237 e. The Kier molecular flexibility index (Phi) is 4.54. The third-order valence-corrected chi connectivity index (χ3v) is 3.20. The Morgan fingerprint density at radius 1 is 1.61 bits per heavy atom. The van der Waals surface area contributed by atoms with Gasteiger partial charge < -0.3 is 5.32 Å². The van der Waals surface area contributed by atoms with Gasteiger partial charge in [0.2, 0.25) is 5.91 Å². The van der Waals surface area contributed by atoms with E-state index in [1.165, 1.54) is 4.80 Å². The van der Waals surface area contributed by atoms with Crippen LogP contribution in [-0.2, 0) is 18.4 Å². The molecule has 2 rings (SSSR count). The molecule has 0 radical (unpaired) electrons. The fourth-order valence-corrected chi connectivity index (χ4v) is 2.29. The van der Waals surface area contributed by atoms with Gasteiger partial charge in [0.15, 0.2) is 5.82 Å². The first-order valence-electron chi connectivity index (χ1n) is 6.06. The van der Waals surface area contributed by atoms with E-state index in [0.29, 0.717) is 24.7 Å². The highest BCUT2D eigenvalue weighted by Crippen LogP contribution is 2.18. The zero-order valence-electron chi connectivity index (χ0n) is 10.4. The molecule has 1 amide bonds.